The fourth-order valence-electron chi connectivity index (χ4n) is 3.59. The first kappa shape index (κ1) is 25.2. The highest BCUT2D eigenvalue weighted by Crippen LogP contribution is 2.37. The lowest BCUT2D eigenvalue weighted by molar-refractivity contribution is 0.403. The third kappa shape index (κ3) is 5.40. The number of halogens is 3. The molecular formula is C22H27Cl3N4. The van der Waals surface area contributed by atoms with E-state index in [1.165, 1.54) is 22.0 Å². The van der Waals surface area contributed by atoms with Crippen LogP contribution in [0.4, 0.5) is 5.69 Å². The van der Waals surface area contributed by atoms with Crippen molar-refractivity contribution < 1.29 is 0 Å². The molecule has 0 bridgehead atoms. The largest absolute Gasteiger partial charge is 0.326 e. The molecule has 3 aromatic rings. The van der Waals surface area contributed by atoms with Gasteiger partial charge in [-0.2, -0.15) is 0 Å². The number of hydrogen-bond acceptors (Lipinski definition) is 3. The van der Waals surface area contributed by atoms with Crippen molar-refractivity contribution in [2.45, 2.75) is 13.0 Å². The predicted octanol–water partition coefficient (Wildman–Crippen LogP) is 5.22. The molecule has 2 heterocycles. The average Bonchev–Trinajstić information content (AvgIpc) is 2.96. The zero-order chi connectivity index (χ0) is 17.9. The van der Waals surface area contributed by atoms with E-state index in [2.05, 4.69) is 71.3 Å². The van der Waals surface area contributed by atoms with Crippen LogP contribution in [0.5, 0.6) is 0 Å². The highest BCUT2D eigenvalue weighted by atomic mass is 35.5. The minimum absolute atomic E-state index is 0. The monoisotopic (exact) mass is 452 g/mol. The van der Waals surface area contributed by atoms with Gasteiger partial charge in [-0.1, -0.05) is 36.4 Å². The zero-order valence-electron chi connectivity index (χ0n) is 16.6. The van der Waals surface area contributed by atoms with Crippen molar-refractivity contribution in [3.8, 4) is 0 Å². The number of rotatable bonds is 6. The molecule has 0 unspecified atom stereocenters. The van der Waals surface area contributed by atoms with Gasteiger partial charge in [0.1, 0.15) is 5.84 Å². The maximum absolute atomic E-state index is 5.00. The summed E-state index contributed by atoms with van der Waals surface area (Å²) in [6.45, 7) is 2.69. The molecule has 0 spiro atoms. The molecule has 1 aliphatic rings. The summed E-state index contributed by atoms with van der Waals surface area (Å²) in [7, 11) is 4.24. The van der Waals surface area contributed by atoms with Crippen molar-refractivity contribution in [1.82, 2.24) is 9.88 Å². The van der Waals surface area contributed by atoms with Crippen molar-refractivity contribution >= 4 is 59.5 Å². The molecule has 2 aromatic carbocycles. The Labute approximate surface area is 191 Å². The minimum Gasteiger partial charge on any atom is -0.326 e. The molecule has 1 aliphatic heterocycles. The molecule has 0 saturated heterocycles. The van der Waals surface area contributed by atoms with E-state index in [4.69, 9.17) is 4.99 Å². The lowest BCUT2D eigenvalue weighted by Crippen LogP contribution is -2.31. The second-order valence-electron chi connectivity index (χ2n) is 6.99. The Balaban J connectivity index is 0.00000140. The normalized spacial score (nSPS) is 13.2. The summed E-state index contributed by atoms with van der Waals surface area (Å²) >= 11 is 0. The maximum Gasteiger partial charge on any atom is 0.136 e. The average molecular weight is 454 g/mol. The van der Waals surface area contributed by atoms with Gasteiger partial charge in [-0.25, -0.2) is 0 Å². The minimum atomic E-state index is 0. The summed E-state index contributed by atoms with van der Waals surface area (Å²) in [5, 5.41) is 2.61. The van der Waals surface area contributed by atoms with Gasteiger partial charge in [0.15, 0.2) is 0 Å². The summed E-state index contributed by atoms with van der Waals surface area (Å²) in [5.41, 5.74) is 3.66. The van der Waals surface area contributed by atoms with E-state index in [0.29, 0.717) is 6.54 Å². The van der Waals surface area contributed by atoms with E-state index in [1.54, 1.807) is 6.20 Å². The van der Waals surface area contributed by atoms with Crippen LogP contribution in [0.25, 0.3) is 10.8 Å². The van der Waals surface area contributed by atoms with E-state index < -0.39 is 0 Å². The maximum atomic E-state index is 5.00. The van der Waals surface area contributed by atoms with E-state index in [9.17, 15) is 0 Å². The number of amidine groups is 1. The number of nitrogens with zero attached hydrogens (tertiary/aromatic N) is 4. The van der Waals surface area contributed by atoms with Gasteiger partial charge in [0, 0.05) is 29.9 Å². The van der Waals surface area contributed by atoms with Crippen molar-refractivity contribution in [3.05, 3.63) is 72.1 Å². The van der Waals surface area contributed by atoms with Crippen LogP contribution in [0.15, 0.2) is 65.9 Å². The Morgan fingerprint density at radius 3 is 2.41 bits per heavy atom. The van der Waals surface area contributed by atoms with Gasteiger partial charge in [-0.05, 0) is 50.1 Å². The van der Waals surface area contributed by atoms with Crippen LogP contribution < -0.4 is 4.90 Å². The molecule has 0 amide bonds. The first-order chi connectivity index (χ1) is 12.7. The second kappa shape index (κ2) is 11.4. The molecule has 0 atom stereocenters. The summed E-state index contributed by atoms with van der Waals surface area (Å²) < 4.78 is 0. The van der Waals surface area contributed by atoms with Crippen LogP contribution in [-0.2, 0) is 6.54 Å². The fourth-order valence-corrected chi connectivity index (χ4v) is 3.59. The Kier molecular flexibility index (Phi) is 9.87. The van der Waals surface area contributed by atoms with Gasteiger partial charge in [-0.15, -0.1) is 37.2 Å². The van der Waals surface area contributed by atoms with E-state index in [-0.39, 0.29) is 37.2 Å². The zero-order valence-corrected chi connectivity index (χ0v) is 19.1. The lowest BCUT2D eigenvalue weighted by atomic mass is 10.1. The van der Waals surface area contributed by atoms with Crippen LogP contribution in [0.3, 0.4) is 0 Å². The van der Waals surface area contributed by atoms with E-state index in [1.807, 2.05) is 12.3 Å². The molecule has 4 nitrogen and oxygen atoms in total. The molecule has 7 heteroatoms. The third-order valence-corrected chi connectivity index (χ3v) is 4.79. The van der Waals surface area contributed by atoms with Gasteiger partial charge in [0.05, 0.1) is 12.2 Å². The number of anilines is 1. The molecule has 0 N–H and O–H groups in total. The number of aromatic nitrogens is 1. The van der Waals surface area contributed by atoms with Gasteiger partial charge in [0.2, 0.25) is 0 Å². The van der Waals surface area contributed by atoms with Gasteiger partial charge >= 0.3 is 0 Å². The third-order valence-electron chi connectivity index (χ3n) is 4.79. The van der Waals surface area contributed by atoms with Crippen LogP contribution in [0.2, 0.25) is 0 Å². The van der Waals surface area contributed by atoms with Crippen molar-refractivity contribution in [2.24, 2.45) is 4.99 Å². The Morgan fingerprint density at radius 1 is 0.966 bits per heavy atom. The number of benzene rings is 2. The number of aliphatic imine (C=N–C) groups is 1. The Bertz CT molecular complexity index is 940. The van der Waals surface area contributed by atoms with Crippen molar-refractivity contribution in [3.63, 3.8) is 0 Å². The van der Waals surface area contributed by atoms with Crippen LogP contribution in [0.1, 0.15) is 17.5 Å². The quantitative estimate of drug-likeness (QED) is 0.513. The summed E-state index contributed by atoms with van der Waals surface area (Å²) in [4.78, 5) is 13.8. The summed E-state index contributed by atoms with van der Waals surface area (Å²) in [6, 6.07) is 17.1. The molecule has 0 fully saturated rings. The highest BCUT2D eigenvalue weighted by Gasteiger charge is 2.27. The molecule has 0 aliphatic carbocycles. The first-order valence-electron chi connectivity index (χ1n) is 9.12. The SMILES string of the molecule is CN(C)CCCN1C(=NCc2cccnc2)c2cccc3cccc1c23.Cl.Cl.Cl. The van der Waals surface area contributed by atoms with Gasteiger partial charge in [-0.3, -0.25) is 9.98 Å². The standard InChI is InChI=1S/C22H24N4.3ClH/c1-25(2)13-6-14-26-20-11-4-9-18-8-3-10-19(21(18)20)22(26)24-16-17-7-5-12-23-15-17;;;/h3-5,7-12,15H,6,13-14,16H2,1-2H3;3*1H. The molecule has 4 rings (SSSR count). The Hall–Kier alpha value is -1.85. The van der Waals surface area contributed by atoms with Gasteiger partial charge < -0.3 is 9.80 Å². The Morgan fingerprint density at radius 2 is 1.72 bits per heavy atom. The molecule has 29 heavy (non-hydrogen) atoms. The second-order valence-corrected chi connectivity index (χ2v) is 6.99. The van der Waals surface area contributed by atoms with E-state index in [0.717, 1.165) is 30.9 Å². The van der Waals surface area contributed by atoms with Crippen LogP contribution in [0, 0.1) is 0 Å². The molecule has 0 saturated carbocycles. The van der Waals surface area contributed by atoms with Crippen LogP contribution in [-0.4, -0.2) is 42.9 Å². The smallest absolute Gasteiger partial charge is 0.136 e. The topological polar surface area (TPSA) is 31.7 Å². The predicted molar refractivity (Wildman–Crippen MR) is 131 cm³/mol. The number of pyridine rings is 1. The van der Waals surface area contributed by atoms with Gasteiger partial charge in [0.25, 0.3) is 0 Å². The molecule has 1 aromatic heterocycles. The first-order valence-corrected chi connectivity index (χ1v) is 9.12. The van der Waals surface area contributed by atoms with Crippen molar-refractivity contribution in [2.75, 3.05) is 32.1 Å². The van der Waals surface area contributed by atoms with Crippen LogP contribution >= 0.6 is 37.2 Å². The van der Waals surface area contributed by atoms with Crippen molar-refractivity contribution in [1.29, 1.82) is 0 Å². The summed E-state index contributed by atoms with van der Waals surface area (Å²) in [5.74, 6) is 1.08. The molecule has 0 radical (unpaired) electrons. The lowest BCUT2D eigenvalue weighted by Gasteiger charge is -2.22. The fraction of sp³-hybridized carbons (Fsp3) is 0.273. The molecular weight excluding hydrogens is 427 g/mol. The highest BCUT2D eigenvalue weighted by molar-refractivity contribution is 6.27. The summed E-state index contributed by atoms with van der Waals surface area (Å²) in [6.07, 6.45) is 4.79. The number of hydrogen-bond donors (Lipinski definition) is 0. The van der Waals surface area contributed by atoms with E-state index >= 15 is 0 Å². The molecule has 156 valence electrons.